The van der Waals surface area contributed by atoms with Crippen molar-refractivity contribution in [3.63, 3.8) is 0 Å². The van der Waals surface area contributed by atoms with Gasteiger partial charge in [-0.2, -0.15) is 0 Å². The van der Waals surface area contributed by atoms with Crippen LogP contribution < -0.4 is 0 Å². The second-order valence-corrected chi connectivity index (χ2v) is 3.73. The molecule has 0 bridgehead atoms. The Balaban J connectivity index is 2.24. The van der Waals surface area contributed by atoms with Crippen LogP contribution >= 0.6 is 0 Å². The van der Waals surface area contributed by atoms with Gasteiger partial charge in [0.15, 0.2) is 0 Å². The van der Waals surface area contributed by atoms with E-state index in [1.165, 1.54) is 12.1 Å². The molecule has 88 valence electrons. The van der Waals surface area contributed by atoms with Crippen molar-refractivity contribution in [1.82, 2.24) is 14.5 Å². The summed E-state index contributed by atoms with van der Waals surface area (Å²) >= 11 is 0. The van der Waals surface area contributed by atoms with Crippen LogP contribution in [0.25, 0.3) is 16.9 Å². The highest BCUT2D eigenvalue weighted by Crippen LogP contribution is 2.23. The number of aromatic nitrogens is 3. The normalized spacial score (nSPS) is 10.7. The third kappa shape index (κ3) is 1.60. The third-order valence-electron chi connectivity index (χ3n) is 2.66. The third-order valence-corrected chi connectivity index (χ3v) is 2.66. The molecule has 3 rings (SSSR count). The highest BCUT2D eigenvalue weighted by atomic mass is 16.6. The van der Waals surface area contributed by atoms with Crippen LogP contribution in [-0.2, 0) is 0 Å². The summed E-state index contributed by atoms with van der Waals surface area (Å²) in [6.07, 6.45) is 5.06. The number of non-ortho nitro benzene ring substituents is 1. The molecule has 0 saturated carbocycles. The highest BCUT2D eigenvalue weighted by Gasteiger charge is 2.10. The lowest BCUT2D eigenvalue weighted by atomic mass is 10.2. The van der Waals surface area contributed by atoms with Crippen LogP contribution in [0.2, 0.25) is 0 Å². The number of rotatable bonds is 2. The van der Waals surface area contributed by atoms with Crippen LogP contribution in [-0.4, -0.2) is 19.5 Å². The quantitative estimate of drug-likeness (QED) is 0.509. The highest BCUT2D eigenvalue weighted by molar-refractivity contribution is 5.83. The molecule has 3 aromatic rings. The Labute approximate surface area is 102 Å². The minimum absolute atomic E-state index is 0.0541. The van der Waals surface area contributed by atoms with Gasteiger partial charge < -0.3 is 0 Å². The van der Waals surface area contributed by atoms with Crippen molar-refractivity contribution in [2.45, 2.75) is 0 Å². The molecule has 6 nitrogen and oxygen atoms in total. The van der Waals surface area contributed by atoms with E-state index < -0.39 is 4.92 Å². The molecule has 0 unspecified atom stereocenters. The van der Waals surface area contributed by atoms with Crippen LogP contribution in [0.1, 0.15) is 0 Å². The summed E-state index contributed by atoms with van der Waals surface area (Å²) in [6, 6.07) is 8.31. The van der Waals surface area contributed by atoms with Crippen LogP contribution in [0.4, 0.5) is 5.69 Å². The summed E-state index contributed by atoms with van der Waals surface area (Å²) in [7, 11) is 0. The van der Waals surface area contributed by atoms with Gasteiger partial charge in [0.2, 0.25) is 5.95 Å². The van der Waals surface area contributed by atoms with Gasteiger partial charge in [-0.05, 0) is 18.2 Å². The van der Waals surface area contributed by atoms with Crippen molar-refractivity contribution in [2.24, 2.45) is 0 Å². The SMILES string of the molecule is O=[N+]([O-])c1ccc2ccn(-c3ncccn3)c2c1. The number of benzene rings is 1. The molecular formula is C12H8N4O2. The fourth-order valence-electron chi connectivity index (χ4n) is 1.82. The predicted molar refractivity (Wildman–Crippen MR) is 65.5 cm³/mol. The maximum atomic E-state index is 10.8. The molecule has 1 aromatic carbocycles. The van der Waals surface area contributed by atoms with E-state index in [4.69, 9.17) is 0 Å². The lowest BCUT2D eigenvalue weighted by Gasteiger charge is -2.02. The van der Waals surface area contributed by atoms with Crippen molar-refractivity contribution in [3.8, 4) is 5.95 Å². The second-order valence-electron chi connectivity index (χ2n) is 3.73. The first kappa shape index (κ1) is 10.4. The Bertz CT molecular complexity index is 721. The van der Waals surface area contributed by atoms with E-state index >= 15 is 0 Å². The Kier molecular flexibility index (Phi) is 2.26. The summed E-state index contributed by atoms with van der Waals surface area (Å²) in [4.78, 5) is 18.6. The van der Waals surface area contributed by atoms with E-state index in [0.717, 1.165) is 10.9 Å². The van der Waals surface area contributed by atoms with E-state index in [1.54, 1.807) is 35.3 Å². The molecular weight excluding hydrogens is 232 g/mol. The Morgan fingerprint density at radius 3 is 2.67 bits per heavy atom. The predicted octanol–water partition coefficient (Wildman–Crippen LogP) is 2.33. The Morgan fingerprint density at radius 1 is 1.17 bits per heavy atom. The van der Waals surface area contributed by atoms with Crippen molar-refractivity contribution in [2.75, 3.05) is 0 Å². The fourth-order valence-corrected chi connectivity index (χ4v) is 1.82. The molecule has 18 heavy (non-hydrogen) atoms. The summed E-state index contributed by atoms with van der Waals surface area (Å²) in [5, 5.41) is 11.7. The first-order valence-electron chi connectivity index (χ1n) is 5.28. The zero-order chi connectivity index (χ0) is 12.5. The molecule has 0 aliphatic rings. The van der Waals surface area contributed by atoms with Gasteiger partial charge in [0.25, 0.3) is 5.69 Å². The van der Waals surface area contributed by atoms with Gasteiger partial charge in [-0.1, -0.05) is 0 Å². The van der Waals surface area contributed by atoms with Gasteiger partial charge in [-0.15, -0.1) is 0 Å². The molecule has 6 heteroatoms. The van der Waals surface area contributed by atoms with Crippen molar-refractivity contribution in [3.05, 3.63) is 59.0 Å². The maximum Gasteiger partial charge on any atom is 0.271 e. The minimum Gasteiger partial charge on any atom is -0.285 e. The maximum absolute atomic E-state index is 10.8. The largest absolute Gasteiger partial charge is 0.285 e. The lowest BCUT2D eigenvalue weighted by Crippen LogP contribution is -1.98. The monoisotopic (exact) mass is 240 g/mol. The number of hydrogen-bond acceptors (Lipinski definition) is 4. The topological polar surface area (TPSA) is 73.8 Å². The van der Waals surface area contributed by atoms with Crippen LogP contribution in [0.15, 0.2) is 48.9 Å². The molecule has 0 aliphatic heterocycles. The number of hydrogen-bond donors (Lipinski definition) is 0. The second kappa shape index (κ2) is 3.92. The minimum atomic E-state index is -0.414. The van der Waals surface area contributed by atoms with Crippen LogP contribution in [0.3, 0.4) is 0 Å². The van der Waals surface area contributed by atoms with Crippen molar-refractivity contribution < 1.29 is 4.92 Å². The number of fused-ring (bicyclic) bond motifs is 1. The molecule has 0 atom stereocenters. The molecule has 0 radical (unpaired) electrons. The van der Waals surface area contributed by atoms with E-state index in [0.29, 0.717) is 5.95 Å². The Hall–Kier alpha value is -2.76. The summed E-state index contributed by atoms with van der Waals surface area (Å²) in [6.45, 7) is 0. The van der Waals surface area contributed by atoms with Gasteiger partial charge in [-0.3, -0.25) is 14.7 Å². The molecule has 0 aliphatic carbocycles. The molecule has 0 fully saturated rings. The van der Waals surface area contributed by atoms with E-state index in [-0.39, 0.29) is 5.69 Å². The van der Waals surface area contributed by atoms with Gasteiger partial charge in [-0.25, -0.2) is 9.97 Å². The standard InChI is InChI=1S/C12H8N4O2/c17-16(18)10-3-2-9-4-7-15(11(9)8-10)12-13-5-1-6-14-12/h1-8H. The van der Waals surface area contributed by atoms with E-state index in [1.807, 2.05) is 6.07 Å². The number of nitro benzene ring substituents is 1. The van der Waals surface area contributed by atoms with Gasteiger partial charge >= 0.3 is 0 Å². The number of nitrogens with zero attached hydrogens (tertiary/aromatic N) is 4. The number of nitro groups is 1. The lowest BCUT2D eigenvalue weighted by molar-refractivity contribution is -0.384. The first-order chi connectivity index (χ1) is 8.75. The van der Waals surface area contributed by atoms with Gasteiger partial charge in [0.1, 0.15) is 0 Å². The average molecular weight is 240 g/mol. The smallest absolute Gasteiger partial charge is 0.271 e. The molecule has 0 N–H and O–H groups in total. The molecule has 0 spiro atoms. The summed E-state index contributed by atoms with van der Waals surface area (Å²) in [5.74, 6) is 0.494. The fraction of sp³-hybridized carbons (Fsp3) is 0. The van der Waals surface area contributed by atoms with Crippen molar-refractivity contribution in [1.29, 1.82) is 0 Å². The summed E-state index contributed by atoms with van der Waals surface area (Å²) < 4.78 is 1.72. The van der Waals surface area contributed by atoms with Crippen molar-refractivity contribution >= 4 is 16.6 Å². The van der Waals surface area contributed by atoms with E-state index in [2.05, 4.69) is 9.97 Å². The molecule has 2 heterocycles. The van der Waals surface area contributed by atoms with Gasteiger partial charge in [0.05, 0.1) is 10.4 Å². The molecule has 0 saturated heterocycles. The van der Waals surface area contributed by atoms with E-state index in [9.17, 15) is 10.1 Å². The Morgan fingerprint density at radius 2 is 1.94 bits per heavy atom. The zero-order valence-electron chi connectivity index (χ0n) is 9.22. The summed E-state index contributed by atoms with van der Waals surface area (Å²) in [5.41, 5.74) is 0.772. The first-order valence-corrected chi connectivity index (χ1v) is 5.28. The van der Waals surface area contributed by atoms with Crippen LogP contribution in [0, 0.1) is 10.1 Å². The molecule has 0 amide bonds. The zero-order valence-corrected chi connectivity index (χ0v) is 9.22. The molecule has 2 aromatic heterocycles. The average Bonchev–Trinajstić information content (AvgIpc) is 2.82. The van der Waals surface area contributed by atoms with Crippen LogP contribution in [0.5, 0.6) is 0 Å². The van der Waals surface area contributed by atoms with Gasteiger partial charge in [0, 0.05) is 36.1 Å².